The molecule has 12 N–H and O–H groups in total. The minimum Gasteiger partial charge on any atom is -0.394 e. The van der Waals surface area contributed by atoms with Crippen LogP contribution >= 0.6 is 0 Å². The molecule has 3 fully saturated rings. The van der Waals surface area contributed by atoms with Gasteiger partial charge in [0.05, 0.1) is 38.6 Å². The summed E-state index contributed by atoms with van der Waals surface area (Å²) in [6.07, 6.45) is 17.6. The minimum absolute atomic E-state index is 0.239. The Balaban J connectivity index is 1.45. The standard InChI is InChI=1S/C61H117NO18/c1-3-5-7-9-11-13-15-17-18-19-20-21-22-23-24-25-27-28-30-32-34-36-38-45(66)44(62-49(67)39-37-35-33-31-29-26-16-14-12-10-8-6-4-2)43-75-59-55(73)52(70)57(47(41-64)77-59)80-61-56(74)53(71)58(48(42-65)78-61)79-60-54(72)51(69)50(68)46(40-63)76-60/h44-48,50-61,63-66,68-74H,3-43H2,1-2H3,(H,62,67). The van der Waals surface area contributed by atoms with Gasteiger partial charge in [-0.05, 0) is 12.8 Å². The summed E-state index contributed by atoms with van der Waals surface area (Å²) in [6, 6.07) is -0.880. The highest BCUT2D eigenvalue weighted by molar-refractivity contribution is 5.76. The van der Waals surface area contributed by atoms with Crippen molar-refractivity contribution in [3.8, 4) is 0 Å². The van der Waals surface area contributed by atoms with Crippen molar-refractivity contribution in [2.24, 2.45) is 0 Å². The van der Waals surface area contributed by atoms with E-state index in [0.29, 0.717) is 12.8 Å². The number of carbonyl (C=O) groups is 1. The van der Waals surface area contributed by atoms with Gasteiger partial charge in [-0.15, -0.1) is 0 Å². The van der Waals surface area contributed by atoms with Crippen molar-refractivity contribution < 1.29 is 89.4 Å². The van der Waals surface area contributed by atoms with E-state index in [2.05, 4.69) is 19.2 Å². The summed E-state index contributed by atoms with van der Waals surface area (Å²) in [6.45, 7) is 1.82. The summed E-state index contributed by atoms with van der Waals surface area (Å²) in [5.74, 6) is -0.239. The molecule has 17 unspecified atom stereocenters. The van der Waals surface area contributed by atoms with Crippen molar-refractivity contribution in [3.05, 3.63) is 0 Å². The summed E-state index contributed by atoms with van der Waals surface area (Å²) in [7, 11) is 0. The van der Waals surface area contributed by atoms with E-state index in [1.54, 1.807) is 0 Å². The van der Waals surface area contributed by atoms with Crippen molar-refractivity contribution in [1.29, 1.82) is 0 Å². The normalized spacial score (nSPS) is 29.9. The van der Waals surface area contributed by atoms with Crippen LogP contribution < -0.4 is 5.32 Å². The van der Waals surface area contributed by atoms with Gasteiger partial charge < -0.3 is 89.9 Å². The van der Waals surface area contributed by atoms with E-state index in [4.69, 9.17) is 28.4 Å². The van der Waals surface area contributed by atoms with Gasteiger partial charge in [0.25, 0.3) is 0 Å². The van der Waals surface area contributed by atoms with E-state index in [-0.39, 0.29) is 18.9 Å². The molecule has 0 aliphatic carbocycles. The first-order chi connectivity index (χ1) is 38.8. The Morgan fingerprint density at radius 2 is 0.713 bits per heavy atom. The Hall–Kier alpha value is -1.21. The van der Waals surface area contributed by atoms with Gasteiger partial charge in [0.2, 0.25) is 5.91 Å². The average molecular weight is 1150 g/mol. The number of rotatable bonds is 49. The van der Waals surface area contributed by atoms with E-state index < -0.39 is 124 Å². The van der Waals surface area contributed by atoms with Crippen molar-refractivity contribution >= 4 is 5.91 Å². The number of nitrogens with one attached hydrogen (secondary N) is 1. The average Bonchev–Trinajstić information content (AvgIpc) is 3.58. The van der Waals surface area contributed by atoms with Gasteiger partial charge >= 0.3 is 0 Å². The quantitative estimate of drug-likeness (QED) is 0.0280. The van der Waals surface area contributed by atoms with Crippen LogP contribution in [-0.2, 0) is 33.2 Å². The van der Waals surface area contributed by atoms with Crippen LogP contribution in [0.2, 0.25) is 0 Å². The molecule has 1 amide bonds. The lowest BCUT2D eigenvalue weighted by molar-refractivity contribution is -0.379. The Morgan fingerprint density at radius 3 is 1.09 bits per heavy atom. The van der Waals surface area contributed by atoms with Crippen LogP contribution in [0.15, 0.2) is 0 Å². The van der Waals surface area contributed by atoms with E-state index in [1.165, 1.54) is 173 Å². The zero-order chi connectivity index (χ0) is 58.3. The van der Waals surface area contributed by atoms with Crippen LogP contribution in [-0.4, -0.2) is 193 Å². The lowest BCUT2D eigenvalue weighted by Crippen LogP contribution is -2.66. The maximum Gasteiger partial charge on any atom is 0.220 e. The second-order valence-electron chi connectivity index (χ2n) is 23.6. The lowest BCUT2D eigenvalue weighted by atomic mass is 9.96. The molecule has 0 aromatic heterocycles. The van der Waals surface area contributed by atoms with E-state index >= 15 is 0 Å². The Morgan fingerprint density at radius 1 is 0.400 bits per heavy atom. The summed E-state index contributed by atoms with van der Waals surface area (Å²) < 4.78 is 34.3. The molecular weight excluding hydrogens is 1030 g/mol. The molecule has 19 heteroatoms. The highest BCUT2D eigenvalue weighted by atomic mass is 16.8. The van der Waals surface area contributed by atoms with Gasteiger partial charge in [0, 0.05) is 6.42 Å². The first-order valence-corrected chi connectivity index (χ1v) is 32.3. The van der Waals surface area contributed by atoms with Gasteiger partial charge in [-0.2, -0.15) is 0 Å². The number of ether oxygens (including phenoxy) is 6. The van der Waals surface area contributed by atoms with Gasteiger partial charge in [0.15, 0.2) is 18.9 Å². The molecule has 3 aliphatic rings. The number of unbranched alkanes of at least 4 members (excludes halogenated alkanes) is 33. The molecule has 474 valence electrons. The van der Waals surface area contributed by atoms with E-state index in [9.17, 15) is 61.0 Å². The number of carbonyl (C=O) groups excluding carboxylic acids is 1. The van der Waals surface area contributed by atoms with Crippen LogP contribution in [0.4, 0.5) is 0 Å². The summed E-state index contributed by atoms with van der Waals surface area (Å²) >= 11 is 0. The van der Waals surface area contributed by atoms with Crippen LogP contribution in [0.3, 0.4) is 0 Å². The van der Waals surface area contributed by atoms with Crippen LogP contribution in [0.5, 0.6) is 0 Å². The van der Waals surface area contributed by atoms with Gasteiger partial charge in [-0.1, -0.05) is 232 Å². The van der Waals surface area contributed by atoms with Gasteiger partial charge in [0.1, 0.15) is 73.2 Å². The molecule has 3 rings (SSSR count). The monoisotopic (exact) mass is 1150 g/mol. The first-order valence-electron chi connectivity index (χ1n) is 32.3. The molecule has 3 aliphatic heterocycles. The maximum atomic E-state index is 13.3. The number of aliphatic hydroxyl groups is 11. The molecule has 3 heterocycles. The number of hydrogen-bond acceptors (Lipinski definition) is 18. The van der Waals surface area contributed by atoms with Crippen molar-refractivity contribution in [1.82, 2.24) is 5.32 Å². The Kier molecular flexibility index (Phi) is 41.2. The van der Waals surface area contributed by atoms with Crippen molar-refractivity contribution in [2.45, 2.75) is 356 Å². The van der Waals surface area contributed by atoms with Gasteiger partial charge in [-0.25, -0.2) is 0 Å². The molecule has 0 radical (unpaired) electrons. The predicted octanol–water partition coefficient (Wildman–Crippen LogP) is 6.77. The van der Waals surface area contributed by atoms with Crippen LogP contribution in [0.1, 0.15) is 251 Å². The molecule has 0 spiro atoms. The topological polar surface area (TPSA) is 307 Å². The minimum atomic E-state index is -1.97. The number of aliphatic hydroxyl groups excluding tert-OH is 11. The Labute approximate surface area is 481 Å². The third-order valence-corrected chi connectivity index (χ3v) is 16.7. The molecule has 0 aromatic rings. The summed E-state index contributed by atoms with van der Waals surface area (Å²) in [5.41, 5.74) is 0. The first kappa shape index (κ1) is 73.0. The predicted molar refractivity (Wildman–Crippen MR) is 305 cm³/mol. The fourth-order valence-electron chi connectivity index (χ4n) is 11.4. The largest absolute Gasteiger partial charge is 0.394 e. The van der Waals surface area contributed by atoms with Gasteiger partial charge in [-0.3, -0.25) is 4.79 Å². The lowest BCUT2D eigenvalue weighted by Gasteiger charge is -2.48. The molecular formula is C61H117NO18. The second kappa shape index (κ2) is 45.2. The molecule has 19 nitrogen and oxygen atoms in total. The second-order valence-corrected chi connectivity index (χ2v) is 23.6. The molecule has 0 saturated carbocycles. The fraction of sp³-hybridized carbons (Fsp3) is 0.984. The third-order valence-electron chi connectivity index (χ3n) is 16.7. The summed E-state index contributed by atoms with van der Waals surface area (Å²) in [5, 5.41) is 120. The number of amides is 1. The smallest absolute Gasteiger partial charge is 0.220 e. The summed E-state index contributed by atoms with van der Waals surface area (Å²) in [4.78, 5) is 13.3. The Bertz CT molecular complexity index is 1470. The van der Waals surface area contributed by atoms with Crippen molar-refractivity contribution in [2.75, 3.05) is 26.4 Å². The molecule has 80 heavy (non-hydrogen) atoms. The van der Waals surface area contributed by atoms with Crippen LogP contribution in [0.25, 0.3) is 0 Å². The van der Waals surface area contributed by atoms with Crippen LogP contribution in [0, 0.1) is 0 Å². The highest BCUT2D eigenvalue weighted by Gasteiger charge is 2.53. The van der Waals surface area contributed by atoms with Crippen molar-refractivity contribution in [3.63, 3.8) is 0 Å². The van der Waals surface area contributed by atoms with E-state index in [0.717, 1.165) is 44.9 Å². The van der Waals surface area contributed by atoms with E-state index in [1.807, 2.05) is 0 Å². The zero-order valence-electron chi connectivity index (χ0n) is 49.6. The SMILES string of the molecule is CCCCCCCCCCCCCCCCCCCCCCCCC(O)C(COC1OC(CO)C(OC2OC(CO)C(OC3OC(CO)C(O)C(O)C3O)C(O)C2O)C(O)C1O)NC(=O)CCCCCCCCCCCCCCC. The molecule has 0 aromatic carbocycles. The maximum absolute atomic E-state index is 13.3. The zero-order valence-corrected chi connectivity index (χ0v) is 49.6. The molecule has 17 atom stereocenters. The highest BCUT2D eigenvalue weighted by Crippen LogP contribution is 2.33. The fourth-order valence-corrected chi connectivity index (χ4v) is 11.4. The molecule has 0 bridgehead atoms. The third kappa shape index (κ3) is 28.3. The number of hydrogen-bond donors (Lipinski definition) is 12. The molecule has 3 saturated heterocycles.